The molecule has 1 saturated heterocycles. The fourth-order valence-corrected chi connectivity index (χ4v) is 8.46. The molecule has 0 bridgehead atoms. The van der Waals surface area contributed by atoms with Crippen molar-refractivity contribution in [2.45, 2.75) is 65.1 Å². The van der Waals surface area contributed by atoms with Crippen LogP contribution in [0, 0.1) is 5.92 Å². The number of carbonyl (C=O) groups excluding carboxylic acids is 2. The summed E-state index contributed by atoms with van der Waals surface area (Å²) in [5.41, 5.74) is 8.49. The summed E-state index contributed by atoms with van der Waals surface area (Å²) in [4.78, 5) is 34.1. The largest absolute Gasteiger partial charge is 0.496 e. The number of carbonyl (C=O) groups is 2. The van der Waals surface area contributed by atoms with Gasteiger partial charge >= 0.3 is 12.1 Å². The SMILES string of the molecule is CCOC(=O)C1CN([C@H]2CCc3cc(-c4cccc(-c5cccc(-c6cc7c(c(OC)n6)CCN(C(=O)OC(C)(C)C)C7)c5Cl)c4Cl)cc(OC)c32)C1. The number of pyridine rings is 1. The predicted octanol–water partition coefficient (Wildman–Crippen LogP) is 9.18. The van der Waals surface area contributed by atoms with Gasteiger partial charge in [-0.25, -0.2) is 9.78 Å². The zero-order valence-electron chi connectivity index (χ0n) is 31.1. The standard InChI is InChI=1S/C42H45Cl2N3O6/c1-7-52-40(48)27-22-47(23-27)34-15-14-24-18-25(20-35(50-5)36(24)34)28-10-8-11-30(37(28)43)31-12-9-13-32(38(31)44)33-19-26-21-46(41(49)53-42(2,3)4)17-16-29(26)39(45-33)51-6/h8-13,18-20,27,34H,7,14-17,21-23H2,1-6H3/t34-/m0/s1. The molecule has 1 fully saturated rings. The van der Waals surface area contributed by atoms with E-state index in [2.05, 4.69) is 17.0 Å². The molecule has 0 N–H and O–H groups in total. The molecule has 1 aromatic heterocycles. The predicted molar refractivity (Wildman–Crippen MR) is 207 cm³/mol. The second kappa shape index (κ2) is 14.8. The molecule has 2 aliphatic heterocycles. The van der Waals surface area contributed by atoms with Crippen molar-refractivity contribution in [3.05, 3.63) is 86.9 Å². The van der Waals surface area contributed by atoms with Crippen LogP contribution >= 0.6 is 23.2 Å². The Hall–Kier alpha value is -4.31. The second-order valence-corrected chi connectivity index (χ2v) is 15.6. The average Bonchev–Trinajstić information content (AvgIpc) is 3.53. The molecule has 7 rings (SSSR count). The number of hydrogen-bond donors (Lipinski definition) is 0. The number of rotatable bonds is 8. The average molecular weight is 759 g/mol. The molecule has 0 spiro atoms. The fraction of sp³-hybridized carbons (Fsp3) is 0.405. The Morgan fingerprint density at radius 3 is 2.23 bits per heavy atom. The van der Waals surface area contributed by atoms with E-state index in [0.29, 0.717) is 60.8 Å². The summed E-state index contributed by atoms with van der Waals surface area (Å²) in [6, 6.07) is 18.3. The van der Waals surface area contributed by atoms with Gasteiger partial charge in [0.25, 0.3) is 0 Å². The third-order valence-electron chi connectivity index (χ3n) is 10.3. The highest BCUT2D eigenvalue weighted by atomic mass is 35.5. The Morgan fingerprint density at radius 1 is 0.887 bits per heavy atom. The van der Waals surface area contributed by atoms with Gasteiger partial charge in [-0.15, -0.1) is 0 Å². The maximum Gasteiger partial charge on any atom is 0.410 e. The lowest BCUT2D eigenvalue weighted by molar-refractivity contribution is -0.155. The van der Waals surface area contributed by atoms with Gasteiger partial charge in [0.2, 0.25) is 5.88 Å². The lowest BCUT2D eigenvalue weighted by Crippen LogP contribution is -2.51. The number of esters is 1. The molecule has 3 heterocycles. The van der Waals surface area contributed by atoms with Crippen LogP contribution in [-0.2, 0) is 33.7 Å². The molecule has 0 saturated carbocycles. The third kappa shape index (κ3) is 7.19. The Kier molecular flexibility index (Phi) is 10.4. The van der Waals surface area contributed by atoms with Gasteiger partial charge in [-0.1, -0.05) is 65.7 Å². The van der Waals surface area contributed by atoms with Crippen molar-refractivity contribution >= 4 is 35.3 Å². The third-order valence-corrected chi connectivity index (χ3v) is 11.1. The van der Waals surface area contributed by atoms with Crippen molar-refractivity contribution < 1.29 is 28.5 Å². The Balaban J connectivity index is 1.19. The first kappa shape index (κ1) is 37.0. The molecule has 278 valence electrons. The molecule has 9 nitrogen and oxygen atoms in total. The number of methoxy groups -OCH3 is 2. The number of benzene rings is 3. The lowest BCUT2D eigenvalue weighted by atomic mass is 9.92. The second-order valence-electron chi connectivity index (χ2n) is 14.8. The van der Waals surface area contributed by atoms with Crippen molar-refractivity contribution in [1.29, 1.82) is 0 Å². The van der Waals surface area contributed by atoms with Crippen molar-refractivity contribution in [3.8, 4) is 45.1 Å². The van der Waals surface area contributed by atoms with E-state index >= 15 is 0 Å². The van der Waals surface area contributed by atoms with Gasteiger partial charge in [-0.2, -0.15) is 0 Å². The van der Waals surface area contributed by atoms with Crippen LogP contribution in [0.25, 0.3) is 33.5 Å². The van der Waals surface area contributed by atoms with Crippen molar-refractivity contribution in [2.75, 3.05) is 40.5 Å². The van der Waals surface area contributed by atoms with Crippen LogP contribution in [0.4, 0.5) is 4.79 Å². The van der Waals surface area contributed by atoms with Crippen molar-refractivity contribution in [1.82, 2.24) is 14.8 Å². The summed E-state index contributed by atoms with van der Waals surface area (Å²) in [5, 5.41) is 1.08. The number of aryl methyl sites for hydroxylation is 1. The van der Waals surface area contributed by atoms with Crippen LogP contribution in [0.1, 0.15) is 62.4 Å². The Morgan fingerprint density at radius 2 is 1.57 bits per heavy atom. The summed E-state index contributed by atoms with van der Waals surface area (Å²) in [6.45, 7) is 10.1. The van der Waals surface area contributed by atoms with Crippen LogP contribution < -0.4 is 9.47 Å². The summed E-state index contributed by atoms with van der Waals surface area (Å²) in [6.07, 6.45) is 2.12. The highest BCUT2D eigenvalue weighted by Gasteiger charge is 2.41. The highest BCUT2D eigenvalue weighted by Crippen LogP contribution is 2.48. The Labute approximate surface area is 321 Å². The van der Waals surface area contributed by atoms with E-state index in [1.54, 1.807) is 19.1 Å². The molecular weight excluding hydrogens is 713 g/mol. The first-order valence-corrected chi connectivity index (χ1v) is 18.9. The zero-order valence-corrected chi connectivity index (χ0v) is 32.6. The van der Waals surface area contributed by atoms with Crippen LogP contribution in [0.2, 0.25) is 10.0 Å². The number of aromatic nitrogens is 1. The maximum atomic E-state index is 12.9. The molecule has 53 heavy (non-hydrogen) atoms. The van der Waals surface area contributed by atoms with Crippen LogP contribution in [0.15, 0.2) is 54.6 Å². The normalized spacial score (nSPS) is 17.1. The first-order valence-electron chi connectivity index (χ1n) is 18.1. The fourth-order valence-electron chi connectivity index (χ4n) is 7.80. The molecule has 3 aliphatic rings. The zero-order chi connectivity index (χ0) is 37.6. The molecule has 4 aromatic rings. The van der Waals surface area contributed by atoms with Crippen LogP contribution in [0.5, 0.6) is 11.6 Å². The molecule has 1 atom stereocenters. The highest BCUT2D eigenvalue weighted by molar-refractivity contribution is 6.39. The molecule has 3 aromatic carbocycles. The number of halogens is 2. The molecule has 0 unspecified atom stereocenters. The minimum Gasteiger partial charge on any atom is -0.496 e. The minimum atomic E-state index is -0.591. The Bertz CT molecular complexity index is 2070. The van der Waals surface area contributed by atoms with E-state index < -0.39 is 5.60 Å². The van der Waals surface area contributed by atoms with Gasteiger partial charge in [-0.05, 0) is 75.8 Å². The monoisotopic (exact) mass is 757 g/mol. The number of fused-ring (bicyclic) bond motifs is 2. The lowest BCUT2D eigenvalue weighted by Gasteiger charge is -2.42. The van der Waals surface area contributed by atoms with E-state index in [-0.39, 0.29) is 24.0 Å². The molecule has 11 heteroatoms. The minimum absolute atomic E-state index is 0.0734. The van der Waals surface area contributed by atoms with E-state index in [1.165, 1.54) is 11.1 Å². The van der Waals surface area contributed by atoms with Gasteiger partial charge in [0, 0.05) is 65.6 Å². The molecule has 0 radical (unpaired) electrons. The number of likely N-dealkylation sites (tertiary alicyclic amines) is 1. The maximum absolute atomic E-state index is 12.9. The van der Waals surface area contributed by atoms with E-state index in [4.69, 9.17) is 47.1 Å². The summed E-state index contributed by atoms with van der Waals surface area (Å²) in [7, 11) is 3.31. The molecule has 1 amide bonds. The number of hydrogen-bond acceptors (Lipinski definition) is 8. The number of nitrogens with zero attached hydrogens (tertiary/aromatic N) is 3. The van der Waals surface area contributed by atoms with Crippen molar-refractivity contribution in [3.63, 3.8) is 0 Å². The van der Waals surface area contributed by atoms with Gasteiger partial charge in [0.15, 0.2) is 0 Å². The molecular formula is C42H45Cl2N3O6. The summed E-state index contributed by atoms with van der Waals surface area (Å²) >= 11 is 14.5. The van der Waals surface area contributed by atoms with E-state index in [1.807, 2.05) is 70.2 Å². The molecule has 1 aliphatic carbocycles. The van der Waals surface area contributed by atoms with Crippen molar-refractivity contribution in [2.24, 2.45) is 5.92 Å². The first-order chi connectivity index (χ1) is 25.4. The topological polar surface area (TPSA) is 90.4 Å². The van der Waals surface area contributed by atoms with Crippen LogP contribution in [-0.4, -0.2) is 72.9 Å². The summed E-state index contributed by atoms with van der Waals surface area (Å²) < 4.78 is 22.6. The van der Waals surface area contributed by atoms with Gasteiger partial charge in [-0.3, -0.25) is 9.69 Å². The van der Waals surface area contributed by atoms with Gasteiger partial charge in [0.05, 0.1) is 42.5 Å². The van der Waals surface area contributed by atoms with Gasteiger partial charge in [0.1, 0.15) is 11.4 Å². The number of ether oxygens (including phenoxy) is 4. The smallest absolute Gasteiger partial charge is 0.410 e. The summed E-state index contributed by atoms with van der Waals surface area (Å²) in [5.74, 6) is 1.15. The van der Waals surface area contributed by atoms with Crippen LogP contribution in [0.3, 0.4) is 0 Å². The van der Waals surface area contributed by atoms with E-state index in [0.717, 1.165) is 57.5 Å². The number of amides is 1. The van der Waals surface area contributed by atoms with Gasteiger partial charge < -0.3 is 23.8 Å². The van der Waals surface area contributed by atoms with E-state index in [9.17, 15) is 9.59 Å². The quantitative estimate of drug-likeness (QED) is 0.165.